The summed E-state index contributed by atoms with van der Waals surface area (Å²) in [5.74, 6) is -0.459. The Hall–Kier alpha value is -2.48. The van der Waals surface area contributed by atoms with Crippen molar-refractivity contribution < 1.29 is 12.8 Å². The summed E-state index contributed by atoms with van der Waals surface area (Å²) in [6.07, 6.45) is 3.90. The Labute approximate surface area is 113 Å². The number of aromatic amines is 1. The standard InChI is InChI=1S/C12H9FN4O2S/c13-10-3-4-11(12-9(10)2-1-5-14-12)17-20(18,19)8-6-15-16-7-8/h1-7,17H,(H,15,16). The van der Waals surface area contributed by atoms with Crippen molar-refractivity contribution >= 4 is 26.6 Å². The average molecular weight is 292 g/mol. The van der Waals surface area contributed by atoms with Crippen molar-refractivity contribution in [2.45, 2.75) is 4.90 Å². The molecule has 2 aromatic heterocycles. The van der Waals surface area contributed by atoms with Crippen molar-refractivity contribution in [3.63, 3.8) is 0 Å². The third kappa shape index (κ3) is 2.10. The summed E-state index contributed by atoms with van der Waals surface area (Å²) >= 11 is 0. The molecule has 0 aliphatic rings. The van der Waals surface area contributed by atoms with Crippen molar-refractivity contribution in [2.75, 3.05) is 4.72 Å². The molecule has 0 fully saturated rings. The molecule has 0 aliphatic heterocycles. The van der Waals surface area contributed by atoms with Crippen molar-refractivity contribution in [3.05, 3.63) is 48.7 Å². The maximum atomic E-state index is 13.6. The lowest BCUT2D eigenvalue weighted by atomic mass is 10.2. The molecule has 20 heavy (non-hydrogen) atoms. The van der Waals surface area contributed by atoms with Crippen molar-refractivity contribution in [3.8, 4) is 0 Å². The molecule has 0 atom stereocenters. The minimum atomic E-state index is -3.78. The fraction of sp³-hybridized carbons (Fsp3) is 0. The minimum Gasteiger partial charge on any atom is -0.284 e. The van der Waals surface area contributed by atoms with Crippen LogP contribution in [-0.4, -0.2) is 23.6 Å². The minimum absolute atomic E-state index is 0.00842. The van der Waals surface area contributed by atoms with Crippen LogP contribution in [0.25, 0.3) is 10.9 Å². The van der Waals surface area contributed by atoms with Gasteiger partial charge in [0.2, 0.25) is 0 Å². The number of benzene rings is 1. The summed E-state index contributed by atoms with van der Waals surface area (Å²) < 4.78 is 40.2. The highest BCUT2D eigenvalue weighted by atomic mass is 32.2. The van der Waals surface area contributed by atoms with Gasteiger partial charge in [-0.1, -0.05) is 0 Å². The van der Waals surface area contributed by atoms with Crippen LogP contribution in [0.2, 0.25) is 0 Å². The molecular weight excluding hydrogens is 283 g/mol. The van der Waals surface area contributed by atoms with E-state index in [-0.39, 0.29) is 21.5 Å². The Kier molecular flexibility index (Phi) is 2.87. The second kappa shape index (κ2) is 4.57. The Morgan fingerprint density at radius 1 is 1.25 bits per heavy atom. The molecule has 1 aromatic carbocycles. The van der Waals surface area contributed by atoms with Gasteiger partial charge in [-0.2, -0.15) is 5.10 Å². The number of sulfonamides is 1. The van der Waals surface area contributed by atoms with Crippen LogP contribution < -0.4 is 4.72 Å². The molecule has 0 saturated heterocycles. The summed E-state index contributed by atoms with van der Waals surface area (Å²) in [4.78, 5) is 4.01. The zero-order chi connectivity index (χ0) is 14.2. The van der Waals surface area contributed by atoms with E-state index in [9.17, 15) is 12.8 Å². The first-order chi connectivity index (χ1) is 9.58. The highest BCUT2D eigenvalue weighted by Gasteiger charge is 2.17. The summed E-state index contributed by atoms with van der Waals surface area (Å²) in [6, 6.07) is 5.65. The molecule has 3 rings (SSSR count). The molecule has 0 aliphatic carbocycles. The van der Waals surface area contributed by atoms with E-state index in [1.807, 2.05) is 0 Å². The predicted molar refractivity (Wildman–Crippen MR) is 71.1 cm³/mol. The zero-order valence-corrected chi connectivity index (χ0v) is 10.9. The lowest BCUT2D eigenvalue weighted by molar-refractivity contribution is 0.601. The molecule has 2 N–H and O–H groups in total. The van der Waals surface area contributed by atoms with Gasteiger partial charge >= 0.3 is 0 Å². The van der Waals surface area contributed by atoms with Crippen LogP contribution in [0.3, 0.4) is 0 Å². The molecule has 0 amide bonds. The molecule has 0 bridgehead atoms. The lowest BCUT2D eigenvalue weighted by Gasteiger charge is -2.09. The molecule has 0 radical (unpaired) electrons. The van der Waals surface area contributed by atoms with Gasteiger partial charge in [0.15, 0.2) is 0 Å². The largest absolute Gasteiger partial charge is 0.284 e. The van der Waals surface area contributed by atoms with Crippen LogP contribution in [0.1, 0.15) is 0 Å². The summed E-state index contributed by atoms with van der Waals surface area (Å²) in [6.45, 7) is 0. The van der Waals surface area contributed by atoms with Gasteiger partial charge in [0, 0.05) is 17.8 Å². The second-order valence-corrected chi connectivity index (χ2v) is 5.72. The van der Waals surface area contributed by atoms with Gasteiger partial charge in [-0.15, -0.1) is 0 Å². The van der Waals surface area contributed by atoms with E-state index in [0.29, 0.717) is 0 Å². The molecular formula is C12H9FN4O2S. The summed E-state index contributed by atoms with van der Waals surface area (Å²) in [7, 11) is -3.78. The molecule has 8 heteroatoms. The van der Waals surface area contributed by atoms with Crippen molar-refractivity contribution in [1.29, 1.82) is 0 Å². The fourth-order valence-electron chi connectivity index (χ4n) is 1.81. The molecule has 0 spiro atoms. The fourth-order valence-corrected chi connectivity index (χ4v) is 2.78. The topological polar surface area (TPSA) is 87.7 Å². The SMILES string of the molecule is O=S(=O)(Nc1ccc(F)c2cccnc12)c1cn[nH]c1. The number of hydrogen-bond donors (Lipinski definition) is 2. The number of nitrogens with one attached hydrogen (secondary N) is 2. The predicted octanol–water partition coefficient (Wildman–Crippen LogP) is 1.90. The number of nitrogens with zero attached hydrogens (tertiary/aromatic N) is 2. The van der Waals surface area contributed by atoms with Crippen molar-refractivity contribution in [1.82, 2.24) is 15.2 Å². The highest BCUT2D eigenvalue weighted by molar-refractivity contribution is 7.92. The van der Waals surface area contributed by atoms with Gasteiger partial charge < -0.3 is 0 Å². The second-order valence-electron chi connectivity index (χ2n) is 4.03. The Morgan fingerprint density at radius 2 is 2.10 bits per heavy atom. The number of H-pyrrole nitrogens is 1. The van der Waals surface area contributed by atoms with E-state index in [2.05, 4.69) is 19.9 Å². The summed E-state index contributed by atoms with van der Waals surface area (Å²) in [5, 5.41) is 6.26. The van der Waals surface area contributed by atoms with Gasteiger partial charge in [0.05, 0.1) is 17.4 Å². The number of aromatic nitrogens is 3. The Bertz CT molecular complexity index is 862. The zero-order valence-electron chi connectivity index (χ0n) is 10.0. The molecule has 3 aromatic rings. The van der Waals surface area contributed by atoms with Crippen LogP contribution in [0.4, 0.5) is 10.1 Å². The van der Waals surface area contributed by atoms with Gasteiger partial charge in [-0.05, 0) is 24.3 Å². The number of fused-ring (bicyclic) bond motifs is 1. The number of hydrogen-bond acceptors (Lipinski definition) is 4. The van der Waals surface area contributed by atoms with E-state index < -0.39 is 15.8 Å². The Morgan fingerprint density at radius 3 is 2.85 bits per heavy atom. The van der Waals surface area contributed by atoms with Crippen LogP contribution in [-0.2, 0) is 10.0 Å². The number of halogens is 1. The average Bonchev–Trinajstić information content (AvgIpc) is 2.97. The van der Waals surface area contributed by atoms with Crippen molar-refractivity contribution in [2.24, 2.45) is 0 Å². The first kappa shape index (κ1) is 12.5. The first-order valence-corrected chi connectivity index (χ1v) is 7.11. The van der Waals surface area contributed by atoms with E-state index in [1.165, 1.54) is 36.8 Å². The maximum absolute atomic E-state index is 13.6. The van der Waals surface area contributed by atoms with Crippen LogP contribution in [0.15, 0.2) is 47.8 Å². The monoisotopic (exact) mass is 292 g/mol. The van der Waals surface area contributed by atoms with E-state index >= 15 is 0 Å². The number of anilines is 1. The molecule has 102 valence electrons. The van der Waals surface area contributed by atoms with Gasteiger partial charge in [0.1, 0.15) is 10.7 Å². The summed E-state index contributed by atoms with van der Waals surface area (Å²) in [5.41, 5.74) is 0.461. The molecule has 6 nitrogen and oxygen atoms in total. The number of rotatable bonds is 3. The van der Waals surface area contributed by atoms with E-state index in [0.717, 1.165) is 0 Å². The van der Waals surface area contributed by atoms with Crippen LogP contribution in [0, 0.1) is 5.82 Å². The van der Waals surface area contributed by atoms with E-state index in [1.54, 1.807) is 6.07 Å². The molecule has 0 saturated carbocycles. The van der Waals surface area contributed by atoms with E-state index in [4.69, 9.17) is 0 Å². The third-order valence-electron chi connectivity index (χ3n) is 2.74. The van der Waals surface area contributed by atoms with Gasteiger partial charge in [-0.3, -0.25) is 14.8 Å². The van der Waals surface area contributed by atoms with Crippen LogP contribution in [0.5, 0.6) is 0 Å². The van der Waals surface area contributed by atoms with Crippen LogP contribution >= 0.6 is 0 Å². The quantitative estimate of drug-likeness (QED) is 0.771. The normalized spacial score (nSPS) is 11.7. The number of pyridine rings is 1. The lowest BCUT2D eigenvalue weighted by Crippen LogP contribution is -2.12. The third-order valence-corrected chi connectivity index (χ3v) is 4.08. The smallest absolute Gasteiger partial charge is 0.265 e. The maximum Gasteiger partial charge on any atom is 0.265 e. The van der Waals surface area contributed by atoms with Gasteiger partial charge in [0.25, 0.3) is 10.0 Å². The molecule has 2 heterocycles. The Balaban J connectivity index is 2.11. The first-order valence-electron chi connectivity index (χ1n) is 5.63. The highest BCUT2D eigenvalue weighted by Crippen LogP contribution is 2.25. The van der Waals surface area contributed by atoms with Gasteiger partial charge in [-0.25, -0.2) is 12.8 Å². The molecule has 0 unspecified atom stereocenters.